The third kappa shape index (κ3) is 4.30. The first-order chi connectivity index (χ1) is 17.2. The minimum atomic E-state index is -0.491. The van der Waals surface area contributed by atoms with Crippen LogP contribution in [0.15, 0.2) is 90.3 Å². The molecule has 3 aromatic carbocycles. The van der Waals surface area contributed by atoms with Gasteiger partial charge in [0.2, 0.25) is 11.8 Å². The lowest BCUT2D eigenvalue weighted by molar-refractivity contribution is 0.306. The maximum atomic E-state index is 9.97. The molecule has 0 unspecified atom stereocenters. The number of fused-ring (bicyclic) bond motifs is 1. The van der Waals surface area contributed by atoms with Crippen molar-refractivity contribution >= 4 is 0 Å². The number of nitrogens with one attached hydrogen (secondary N) is 1. The smallest absolute Gasteiger partial charge is 0.244 e. The lowest BCUT2D eigenvalue weighted by Gasteiger charge is -2.25. The maximum Gasteiger partial charge on any atom is 0.244 e. The molecule has 1 aliphatic rings. The van der Waals surface area contributed by atoms with Crippen LogP contribution in [-0.4, -0.2) is 16.8 Å². The number of aromatic nitrogens is 2. The van der Waals surface area contributed by atoms with E-state index in [2.05, 4.69) is 16.3 Å². The first-order valence-corrected chi connectivity index (χ1v) is 11.3. The molecule has 4 aromatic rings. The van der Waals surface area contributed by atoms with Crippen LogP contribution in [-0.2, 0) is 6.61 Å². The minimum Gasteiger partial charge on any atom is -0.494 e. The van der Waals surface area contributed by atoms with E-state index in [0.29, 0.717) is 30.4 Å². The van der Waals surface area contributed by atoms with Gasteiger partial charge in [-0.05, 0) is 42.8 Å². The van der Waals surface area contributed by atoms with Gasteiger partial charge in [0.15, 0.2) is 0 Å². The van der Waals surface area contributed by atoms with E-state index < -0.39 is 5.92 Å². The van der Waals surface area contributed by atoms with Gasteiger partial charge in [-0.1, -0.05) is 48.5 Å². The van der Waals surface area contributed by atoms with Crippen LogP contribution in [0.3, 0.4) is 0 Å². The van der Waals surface area contributed by atoms with E-state index in [1.807, 2.05) is 85.8 Å². The molecule has 0 fully saturated rings. The Hall–Kier alpha value is -4.70. The van der Waals surface area contributed by atoms with Crippen LogP contribution < -0.4 is 19.9 Å². The second-order valence-corrected chi connectivity index (χ2v) is 8.01. The highest BCUT2D eigenvalue weighted by Gasteiger charge is 2.37. The fourth-order valence-corrected chi connectivity index (χ4v) is 4.24. The summed E-state index contributed by atoms with van der Waals surface area (Å²) in [6, 6.07) is 27.6. The number of nitriles is 1. The zero-order valence-corrected chi connectivity index (χ0v) is 19.2. The van der Waals surface area contributed by atoms with Crippen LogP contribution in [0, 0.1) is 11.3 Å². The minimum absolute atomic E-state index is 0.0408. The lowest BCUT2D eigenvalue weighted by Crippen LogP contribution is -2.21. The first-order valence-electron chi connectivity index (χ1n) is 11.3. The molecule has 1 aliphatic heterocycles. The molecule has 35 heavy (non-hydrogen) atoms. The zero-order valence-electron chi connectivity index (χ0n) is 19.2. The Morgan fingerprint density at radius 3 is 2.49 bits per heavy atom. The molecule has 0 saturated heterocycles. The molecule has 0 bridgehead atoms. The molecule has 1 aromatic heterocycles. The Morgan fingerprint density at radius 1 is 1.00 bits per heavy atom. The standard InChI is InChI=1S/C28H24N4O3/c1-2-33-23-11-7-6-10-21(23)24-22(16-29)27(30)35-28-25(24)26(31-32-28)19-12-14-20(15-13-19)34-17-18-8-4-3-5-9-18/h3-15,24H,2,17,30H2,1H3,(H,31,32)/t24-/m0/s1. The number of nitrogens with zero attached hydrogens (tertiary/aromatic N) is 2. The van der Waals surface area contributed by atoms with E-state index >= 15 is 0 Å². The number of rotatable bonds is 7. The quantitative estimate of drug-likeness (QED) is 0.386. The first kappa shape index (κ1) is 22.1. The van der Waals surface area contributed by atoms with Gasteiger partial charge in [0.05, 0.1) is 23.8 Å². The summed E-state index contributed by atoms with van der Waals surface area (Å²) >= 11 is 0. The molecule has 0 amide bonds. The molecule has 5 rings (SSSR count). The molecule has 174 valence electrons. The summed E-state index contributed by atoms with van der Waals surface area (Å²) in [6.45, 7) is 2.91. The van der Waals surface area contributed by atoms with E-state index in [1.165, 1.54) is 0 Å². The van der Waals surface area contributed by atoms with Crippen LogP contribution in [0.1, 0.15) is 29.5 Å². The van der Waals surface area contributed by atoms with E-state index in [0.717, 1.165) is 33.7 Å². The number of hydrogen-bond donors (Lipinski definition) is 2. The summed E-state index contributed by atoms with van der Waals surface area (Å²) in [5.74, 6) is 1.33. The van der Waals surface area contributed by atoms with Gasteiger partial charge in [0, 0.05) is 11.1 Å². The number of hydrogen-bond acceptors (Lipinski definition) is 6. The largest absolute Gasteiger partial charge is 0.494 e. The van der Waals surface area contributed by atoms with E-state index in [-0.39, 0.29) is 5.88 Å². The number of benzene rings is 3. The molecule has 0 radical (unpaired) electrons. The van der Waals surface area contributed by atoms with Gasteiger partial charge in [-0.15, -0.1) is 5.10 Å². The van der Waals surface area contributed by atoms with Crippen LogP contribution in [0.25, 0.3) is 11.3 Å². The van der Waals surface area contributed by atoms with Crippen molar-refractivity contribution in [3.63, 3.8) is 0 Å². The number of H-pyrrole nitrogens is 1. The van der Waals surface area contributed by atoms with Crippen molar-refractivity contribution in [3.8, 4) is 34.7 Å². The molecule has 7 heteroatoms. The fourth-order valence-electron chi connectivity index (χ4n) is 4.24. The monoisotopic (exact) mass is 464 g/mol. The molecule has 2 heterocycles. The Balaban J connectivity index is 1.51. The van der Waals surface area contributed by atoms with Crippen molar-refractivity contribution in [3.05, 3.63) is 107 Å². The van der Waals surface area contributed by atoms with Crippen molar-refractivity contribution in [2.75, 3.05) is 6.61 Å². The second-order valence-electron chi connectivity index (χ2n) is 8.01. The third-order valence-electron chi connectivity index (χ3n) is 5.86. The molecule has 0 spiro atoms. The maximum absolute atomic E-state index is 9.97. The molecule has 0 aliphatic carbocycles. The summed E-state index contributed by atoms with van der Waals surface area (Å²) in [7, 11) is 0. The molecule has 7 nitrogen and oxygen atoms in total. The topological polar surface area (TPSA) is 106 Å². The highest BCUT2D eigenvalue weighted by Crippen LogP contribution is 2.47. The Kier molecular flexibility index (Phi) is 6.10. The van der Waals surface area contributed by atoms with Gasteiger partial charge in [0.1, 0.15) is 29.7 Å². The van der Waals surface area contributed by atoms with Crippen molar-refractivity contribution in [2.24, 2.45) is 5.73 Å². The van der Waals surface area contributed by atoms with Gasteiger partial charge in [-0.2, -0.15) is 5.26 Å². The highest BCUT2D eigenvalue weighted by molar-refractivity contribution is 5.72. The molecule has 3 N–H and O–H groups in total. The van der Waals surface area contributed by atoms with Crippen molar-refractivity contribution in [1.82, 2.24) is 10.2 Å². The number of ether oxygens (including phenoxy) is 3. The Bertz CT molecular complexity index is 1400. The molecular formula is C28H24N4O3. The summed E-state index contributed by atoms with van der Waals surface area (Å²) in [6.07, 6.45) is 0. The van der Waals surface area contributed by atoms with Gasteiger partial charge < -0.3 is 19.9 Å². The second kappa shape index (κ2) is 9.65. The Morgan fingerprint density at radius 2 is 1.74 bits per heavy atom. The van der Waals surface area contributed by atoms with Crippen LogP contribution in [0.5, 0.6) is 17.4 Å². The average molecular weight is 465 g/mol. The van der Waals surface area contributed by atoms with E-state index in [4.69, 9.17) is 19.9 Å². The van der Waals surface area contributed by atoms with Crippen molar-refractivity contribution in [2.45, 2.75) is 19.4 Å². The van der Waals surface area contributed by atoms with E-state index in [1.54, 1.807) is 0 Å². The SMILES string of the molecule is CCOc1ccccc1[C@H]1C(C#N)=C(N)Oc2n[nH]c(-c3ccc(OCc4ccccc4)cc3)c21. The van der Waals surface area contributed by atoms with Gasteiger partial charge in [0.25, 0.3) is 0 Å². The third-order valence-corrected chi connectivity index (χ3v) is 5.86. The van der Waals surface area contributed by atoms with Crippen LogP contribution in [0.2, 0.25) is 0 Å². The fraction of sp³-hybridized carbons (Fsp3) is 0.143. The summed E-state index contributed by atoms with van der Waals surface area (Å²) in [4.78, 5) is 0. The predicted molar refractivity (Wildman–Crippen MR) is 132 cm³/mol. The van der Waals surface area contributed by atoms with Crippen LogP contribution in [0.4, 0.5) is 0 Å². The number of aromatic amines is 1. The van der Waals surface area contributed by atoms with Crippen molar-refractivity contribution < 1.29 is 14.2 Å². The lowest BCUT2D eigenvalue weighted by atomic mass is 9.82. The number of para-hydroxylation sites is 1. The summed E-state index contributed by atoms with van der Waals surface area (Å²) < 4.78 is 17.5. The summed E-state index contributed by atoms with van der Waals surface area (Å²) in [5.41, 5.74) is 10.7. The molecule has 1 atom stereocenters. The van der Waals surface area contributed by atoms with Crippen LogP contribution >= 0.6 is 0 Å². The van der Waals surface area contributed by atoms with Gasteiger partial charge >= 0.3 is 0 Å². The highest BCUT2D eigenvalue weighted by atomic mass is 16.5. The summed E-state index contributed by atoms with van der Waals surface area (Å²) in [5, 5.41) is 17.4. The predicted octanol–water partition coefficient (Wildman–Crippen LogP) is 5.27. The number of nitrogens with two attached hydrogens (primary N) is 1. The van der Waals surface area contributed by atoms with Gasteiger partial charge in [-0.3, -0.25) is 5.10 Å². The van der Waals surface area contributed by atoms with Crippen molar-refractivity contribution in [1.29, 1.82) is 5.26 Å². The normalized spacial score (nSPS) is 14.6. The average Bonchev–Trinajstić information content (AvgIpc) is 3.31. The Labute approximate surface area is 203 Å². The van der Waals surface area contributed by atoms with E-state index in [9.17, 15) is 5.26 Å². The number of allylic oxidation sites excluding steroid dienone is 1. The van der Waals surface area contributed by atoms with Gasteiger partial charge in [-0.25, -0.2) is 0 Å². The molecular weight excluding hydrogens is 440 g/mol. The molecule has 0 saturated carbocycles. The zero-order chi connectivity index (χ0) is 24.2.